The predicted octanol–water partition coefficient (Wildman–Crippen LogP) is 4.66. The maximum Gasteiger partial charge on any atom is 0.416 e. The van der Waals surface area contributed by atoms with Gasteiger partial charge in [0.15, 0.2) is 5.69 Å². The van der Waals surface area contributed by atoms with Crippen molar-refractivity contribution in [2.75, 3.05) is 5.73 Å². The summed E-state index contributed by atoms with van der Waals surface area (Å²) in [5, 5.41) is 12.6. The molecule has 0 fully saturated rings. The Labute approximate surface area is 151 Å². The maximum atomic E-state index is 12.8. The summed E-state index contributed by atoms with van der Waals surface area (Å²) in [6.45, 7) is 3.70. The fourth-order valence-electron chi connectivity index (χ4n) is 1.95. The average molecular weight is 387 g/mol. The van der Waals surface area contributed by atoms with E-state index in [0.29, 0.717) is 0 Å². The van der Waals surface area contributed by atoms with Crippen LogP contribution in [0.2, 0.25) is 10.0 Å². The summed E-state index contributed by atoms with van der Waals surface area (Å²) in [6.07, 6.45) is -4.60. The third-order valence-electron chi connectivity index (χ3n) is 3.07. The smallest absolute Gasteiger partial charge is 0.383 e. The fraction of sp³-hybridized carbons (Fsp3) is 0.250. The van der Waals surface area contributed by atoms with Crippen LogP contribution < -0.4 is 5.73 Å². The van der Waals surface area contributed by atoms with E-state index in [0.717, 1.165) is 16.8 Å². The lowest BCUT2D eigenvalue weighted by Crippen LogP contribution is -2.08. The first-order valence-corrected chi connectivity index (χ1v) is 7.68. The highest BCUT2D eigenvalue weighted by Crippen LogP contribution is 2.38. The Kier molecular flexibility index (Phi) is 5.22. The van der Waals surface area contributed by atoms with Gasteiger partial charge >= 0.3 is 6.18 Å². The molecule has 0 amide bonds. The van der Waals surface area contributed by atoms with Gasteiger partial charge in [-0.05, 0) is 12.1 Å². The van der Waals surface area contributed by atoms with Gasteiger partial charge in [-0.25, -0.2) is 4.68 Å². The number of nitrogens with two attached hydrogens (primary N) is 1. The van der Waals surface area contributed by atoms with E-state index in [1.807, 2.05) is 19.9 Å². The molecule has 0 aliphatic rings. The van der Waals surface area contributed by atoms with Crippen molar-refractivity contribution in [2.24, 2.45) is 5.92 Å². The van der Waals surface area contributed by atoms with Crippen LogP contribution in [0.4, 0.5) is 19.0 Å². The largest absolute Gasteiger partial charge is 0.416 e. The molecule has 9 heteroatoms. The number of anilines is 1. The Morgan fingerprint density at radius 2 is 1.80 bits per heavy atom. The van der Waals surface area contributed by atoms with Crippen molar-refractivity contribution in [3.05, 3.63) is 39.0 Å². The molecule has 0 bridgehead atoms. The van der Waals surface area contributed by atoms with E-state index in [9.17, 15) is 18.4 Å². The fourth-order valence-corrected chi connectivity index (χ4v) is 2.60. The van der Waals surface area contributed by atoms with Crippen molar-refractivity contribution in [3.63, 3.8) is 0 Å². The Hall–Kier alpha value is -2.35. The Balaban J connectivity index is 2.69. The highest BCUT2D eigenvalue weighted by Gasteiger charge is 2.32. The van der Waals surface area contributed by atoms with E-state index in [-0.39, 0.29) is 38.7 Å². The van der Waals surface area contributed by atoms with E-state index in [4.69, 9.17) is 28.9 Å². The van der Waals surface area contributed by atoms with Crippen molar-refractivity contribution < 1.29 is 13.2 Å². The van der Waals surface area contributed by atoms with Gasteiger partial charge in [0.05, 0.1) is 15.6 Å². The molecular weight excluding hydrogens is 376 g/mol. The number of aromatic nitrogens is 2. The van der Waals surface area contributed by atoms with Crippen LogP contribution in [0.3, 0.4) is 0 Å². The van der Waals surface area contributed by atoms with E-state index in [2.05, 4.69) is 16.9 Å². The first-order valence-electron chi connectivity index (χ1n) is 6.93. The molecule has 1 heterocycles. The molecule has 2 N–H and O–H groups in total. The molecule has 0 atom stereocenters. The third kappa shape index (κ3) is 3.84. The molecule has 0 radical (unpaired) electrons. The zero-order valence-corrected chi connectivity index (χ0v) is 14.6. The zero-order chi connectivity index (χ0) is 18.9. The summed E-state index contributed by atoms with van der Waals surface area (Å²) >= 11 is 11.9. The Bertz CT molecular complexity index is 905. The number of hydrogen-bond donors (Lipinski definition) is 1. The van der Waals surface area contributed by atoms with Crippen LogP contribution in [-0.2, 0) is 6.18 Å². The monoisotopic (exact) mass is 386 g/mol. The SMILES string of the molecule is CC(C)C#Cc1c(C#N)nn(-c2c(Cl)cc(C(F)(F)F)cc2Cl)c1N. The number of nitrogen functional groups attached to an aromatic ring is 1. The van der Waals surface area contributed by atoms with Gasteiger partial charge in [-0.1, -0.05) is 48.9 Å². The highest BCUT2D eigenvalue weighted by atomic mass is 35.5. The molecule has 0 unspecified atom stereocenters. The molecule has 0 saturated heterocycles. The van der Waals surface area contributed by atoms with Crippen molar-refractivity contribution >= 4 is 29.0 Å². The third-order valence-corrected chi connectivity index (χ3v) is 3.65. The van der Waals surface area contributed by atoms with Crippen LogP contribution in [-0.4, -0.2) is 9.78 Å². The minimum absolute atomic E-state index is 0.0209. The Morgan fingerprint density at radius 1 is 1.24 bits per heavy atom. The summed E-state index contributed by atoms with van der Waals surface area (Å²) in [5.74, 6) is 5.59. The molecule has 0 aliphatic heterocycles. The minimum Gasteiger partial charge on any atom is -0.383 e. The molecule has 1 aromatic carbocycles. The average Bonchev–Trinajstić information content (AvgIpc) is 2.80. The van der Waals surface area contributed by atoms with Crippen LogP contribution in [0.1, 0.15) is 30.7 Å². The summed E-state index contributed by atoms with van der Waals surface area (Å²) in [4.78, 5) is 0. The molecule has 0 aliphatic carbocycles. The van der Waals surface area contributed by atoms with Crippen molar-refractivity contribution in [1.29, 1.82) is 5.26 Å². The normalized spacial score (nSPS) is 11.2. The minimum atomic E-state index is -4.60. The first kappa shape index (κ1) is 19.0. The molecule has 0 spiro atoms. The van der Waals surface area contributed by atoms with E-state index >= 15 is 0 Å². The number of hydrogen-bond acceptors (Lipinski definition) is 3. The maximum absolute atomic E-state index is 12.8. The van der Waals surface area contributed by atoms with E-state index in [1.54, 1.807) is 0 Å². The van der Waals surface area contributed by atoms with Gasteiger partial charge in [0.25, 0.3) is 0 Å². The number of benzene rings is 1. The standard InChI is InChI=1S/C16H11Cl2F3N4/c1-8(2)3-4-10-13(7-22)24-25(15(10)23)14-11(17)5-9(6-12(14)18)16(19,20)21/h5-6,8H,23H2,1-2H3. The van der Waals surface area contributed by atoms with Gasteiger partial charge in [0, 0.05) is 5.92 Å². The lowest BCUT2D eigenvalue weighted by molar-refractivity contribution is -0.137. The lowest BCUT2D eigenvalue weighted by Gasteiger charge is -2.13. The Morgan fingerprint density at radius 3 is 2.24 bits per heavy atom. The summed E-state index contributed by atoms with van der Waals surface area (Å²) in [5.41, 5.74) is 5.01. The number of halogens is 5. The number of nitrogens with zero attached hydrogens (tertiary/aromatic N) is 3. The second-order valence-corrected chi connectivity index (χ2v) is 6.16. The van der Waals surface area contributed by atoms with Gasteiger partial charge in [-0.15, -0.1) is 0 Å². The zero-order valence-electron chi connectivity index (χ0n) is 13.0. The molecule has 1 aromatic heterocycles. The highest BCUT2D eigenvalue weighted by molar-refractivity contribution is 6.38. The molecular formula is C16H11Cl2F3N4. The molecule has 25 heavy (non-hydrogen) atoms. The van der Waals surface area contributed by atoms with Crippen LogP contribution in [0.25, 0.3) is 5.69 Å². The van der Waals surface area contributed by atoms with Crippen LogP contribution >= 0.6 is 23.2 Å². The summed E-state index contributed by atoms with van der Waals surface area (Å²) in [6, 6.07) is 3.28. The predicted molar refractivity (Wildman–Crippen MR) is 89.4 cm³/mol. The molecule has 2 aromatic rings. The molecule has 0 saturated carbocycles. The summed E-state index contributed by atoms with van der Waals surface area (Å²) in [7, 11) is 0. The number of nitriles is 1. The lowest BCUT2D eigenvalue weighted by atomic mass is 10.2. The summed E-state index contributed by atoms with van der Waals surface area (Å²) < 4.78 is 39.5. The van der Waals surface area contributed by atoms with Gasteiger partial charge in [-0.3, -0.25) is 0 Å². The van der Waals surface area contributed by atoms with Crippen molar-refractivity contribution in [1.82, 2.24) is 9.78 Å². The van der Waals surface area contributed by atoms with Gasteiger partial charge in [-0.2, -0.15) is 23.5 Å². The van der Waals surface area contributed by atoms with E-state index < -0.39 is 11.7 Å². The molecule has 2 rings (SSSR count). The van der Waals surface area contributed by atoms with Gasteiger partial charge in [0.1, 0.15) is 23.1 Å². The van der Waals surface area contributed by atoms with Crippen molar-refractivity contribution in [3.8, 4) is 23.6 Å². The molecule has 130 valence electrons. The second-order valence-electron chi connectivity index (χ2n) is 5.34. The van der Waals surface area contributed by atoms with Crippen molar-refractivity contribution in [2.45, 2.75) is 20.0 Å². The van der Waals surface area contributed by atoms with Crippen LogP contribution in [0, 0.1) is 29.1 Å². The number of alkyl halides is 3. The first-order chi connectivity index (χ1) is 11.6. The van der Waals surface area contributed by atoms with Crippen LogP contribution in [0.15, 0.2) is 12.1 Å². The molecule has 4 nitrogen and oxygen atoms in total. The van der Waals surface area contributed by atoms with Gasteiger partial charge < -0.3 is 5.73 Å². The van der Waals surface area contributed by atoms with Crippen LogP contribution in [0.5, 0.6) is 0 Å². The topological polar surface area (TPSA) is 67.6 Å². The second kappa shape index (κ2) is 6.87. The van der Waals surface area contributed by atoms with E-state index in [1.165, 1.54) is 0 Å². The quantitative estimate of drug-likeness (QED) is 0.724. The number of rotatable bonds is 1. The van der Waals surface area contributed by atoms with Gasteiger partial charge in [0.2, 0.25) is 0 Å².